The van der Waals surface area contributed by atoms with E-state index in [0.29, 0.717) is 25.5 Å². The van der Waals surface area contributed by atoms with Crippen LogP contribution in [0, 0.1) is 0 Å². The van der Waals surface area contributed by atoms with Crippen LogP contribution in [0.15, 0.2) is 48.5 Å². The second-order valence-corrected chi connectivity index (χ2v) is 6.74. The summed E-state index contributed by atoms with van der Waals surface area (Å²) in [6.07, 6.45) is 2.31. The van der Waals surface area contributed by atoms with Crippen molar-refractivity contribution in [1.82, 2.24) is 0 Å². The molecule has 1 aliphatic heterocycles. The zero-order valence-electron chi connectivity index (χ0n) is 16.7. The molecule has 1 amide bonds. The van der Waals surface area contributed by atoms with Crippen LogP contribution in [0.25, 0.3) is 0 Å². The Morgan fingerprint density at radius 1 is 1.07 bits per heavy atom. The van der Waals surface area contributed by atoms with E-state index in [-0.39, 0.29) is 18.6 Å². The fraction of sp³-hybridized carbons (Fsp3) is 0.409. The average Bonchev–Trinajstić information content (AvgIpc) is 3.26. The molecule has 3 rings (SSSR count). The number of carbonyl (C=O) groups is 1. The van der Waals surface area contributed by atoms with E-state index in [1.165, 1.54) is 0 Å². The molecule has 0 aromatic heterocycles. The Labute approximate surface area is 171 Å². The average molecular weight is 400 g/mol. The van der Waals surface area contributed by atoms with Gasteiger partial charge in [0.2, 0.25) is 5.91 Å². The summed E-state index contributed by atoms with van der Waals surface area (Å²) in [5.41, 5.74) is 1.54. The van der Waals surface area contributed by atoms with E-state index >= 15 is 0 Å². The minimum absolute atomic E-state index is 0.135. The number of benzene rings is 2. The van der Waals surface area contributed by atoms with Crippen LogP contribution < -0.4 is 20.1 Å². The van der Waals surface area contributed by atoms with Crippen LogP contribution in [0.2, 0.25) is 0 Å². The number of hydrogen-bond donors (Lipinski definition) is 2. The highest BCUT2D eigenvalue weighted by Crippen LogP contribution is 2.20. The maximum absolute atomic E-state index is 12.2. The van der Waals surface area contributed by atoms with Crippen LogP contribution >= 0.6 is 0 Å². The summed E-state index contributed by atoms with van der Waals surface area (Å²) in [7, 11) is 1.63. The highest BCUT2D eigenvalue weighted by Gasteiger charge is 2.16. The lowest BCUT2D eigenvalue weighted by Crippen LogP contribution is -2.21. The van der Waals surface area contributed by atoms with Crippen molar-refractivity contribution in [2.24, 2.45) is 0 Å². The first kappa shape index (κ1) is 21.0. The smallest absolute Gasteiger partial charge is 0.243 e. The predicted octanol–water partition coefficient (Wildman–Crippen LogP) is 3.32. The molecule has 1 aliphatic rings. The highest BCUT2D eigenvalue weighted by molar-refractivity contribution is 5.93. The number of ether oxygens (including phenoxy) is 4. The number of hydrogen-bond acceptors (Lipinski definition) is 6. The number of nitrogens with one attached hydrogen (secondary N) is 2. The Kier molecular flexibility index (Phi) is 8.15. The van der Waals surface area contributed by atoms with Crippen molar-refractivity contribution in [2.45, 2.75) is 18.9 Å². The number of anilines is 2. The van der Waals surface area contributed by atoms with Gasteiger partial charge in [-0.15, -0.1) is 0 Å². The first-order valence-electron chi connectivity index (χ1n) is 9.83. The summed E-state index contributed by atoms with van der Waals surface area (Å²) in [6.45, 7) is 2.54. The molecule has 1 atom stereocenters. The highest BCUT2D eigenvalue weighted by atomic mass is 16.5. The summed E-state index contributed by atoms with van der Waals surface area (Å²) in [6, 6.07) is 14.8. The van der Waals surface area contributed by atoms with Crippen LogP contribution in [0.3, 0.4) is 0 Å². The molecule has 1 heterocycles. The van der Waals surface area contributed by atoms with E-state index in [0.717, 1.165) is 36.6 Å². The summed E-state index contributed by atoms with van der Waals surface area (Å²) in [5, 5.41) is 5.97. The molecule has 0 bridgehead atoms. The number of amides is 1. The third kappa shape index (κ3) is 7.29. The molecule has 1 unspecified atom stereocenters. The van der Waals surface area contributed by atoms with E-state index in [1.54, 1.807) is 19.2 Å². The monoisotopic (exact) mass is 400 g/mol. The van der Waals surface area contributed by atoms with Crippen molar-refractivity contribution in [1.29, 1.82) is 0 Å². The molecule has 2 aromatic rings. The van der Waals surface area contributed by atoms with Gasteiger partial charge in [-0.2, -0.15) is 0 Å². The largest absolute Gasteiger partial charge is 0.491 e. The van der Waals surface area contributed by atoms with Gasteiger partial charge >= 0.3 is 0 Å². The van der Waals surface area contributed by atoms with Gasteiger partial charge in [0.05, 0.1) is 19.3 Å². The number of rotatable bonds is 11. The SMILES string of the molecule is COCCOc1ccc(NC(=O)CNc2cccc(OCC3CCCO3)c2)cc1. The lowest BCUT2D eigenvalue weighted by atomic mass is 10.2. The Bertz CT molecular complexity index is 760. The Hall–Kier alpha value is -2.77. The molecule has 0 spiro atoms. The van der Waals surface area contributed by atoms with E-state index in [1.807, 2.05) is 36.4 Å². The lowest BCUT2D eigenvalue weighted by molar-refractivity contribution is -0.114. The van der Waals surface area contributed by atoms with Gasteiger partial charge in [-0.1, -0.05) is 6.07 Å². The summed E-state index contributed by atoms with van der Waals surface area (Å²) >= 11 is 0. The molecular formula is C22H28N2O5. The molecule has 0 aliphatic carbocycles. The standard InChI is InChI=1S/C22H28N2O5/c1-26-12-13-28-19-9-7-17(8-10-19)24-22(25)15-23-18-4-2-5-20(14-18)29-16-21-6-3-11-27-21/h2,4-5,7-10,14,21,23H,3,6,11-13,15-16H2,1H3,(H,24,25). The van der Waals surface area contributed by atoms with Gasteiger partial charge in [0.15, 0.2) is 0 Å². The van der Waals surface area contributed by atoms with Crippen molar-refractivity contribution >= 4 is 17.3 Å². The fourth-order valence-electron chi connectivity index (χ4n) is 2.93. The van der Waals surface area contributed by atoms with E-state index < -0.39 is 0 Å². The van der Waals surface area contributed by atoms with Crippen molar-refractivity contribution < 1.29 is 23.7 Å². The second kappa shape index (κ2) is 11.3. The van der Waals surface area contributed by atoms with E-state index in [9.17, 15) is 4.79 Å². The first-order valence-corrected chi connectivity index (χ1v) is 9.83. The molecule has 0 saturated carbocycles. The minimum atomic E-state index is -0.135. The van der Waals surface area contributed by atoms with Gasteiger partial charge in [-0.05, 0) is 49.2 Å². The predicted molar refractivity (Wildman–Crippen MR) is 112 cm³/mol. The molecule has 1 saturated heterocycles. The topological polar surface area (TPSA) is 78.1 Å². The molecule has 2 N–H and O–H groups in total. The summed E-state index contributed by atoms with van der Waals surface area (Å²) in [4.78, 5) is 12.2. The number of methoxy groups -OCH3 is 1. The molecule has 7 heteroatoms. The third-order valence-corrected chi connectivity index (χ3v) is 4.44. The van der Waals surface area contributed by atoms with Gasteiger partial charge in [0.25, 0.3) is 0 Å². The zero-order valence-corrected chi connectivity index (χ0v) is 16.7. The van der Waals surface area contributed by atoms with Gasteiger partial charge in [-0.3, -0.25) is 4.79 Å². The Morgan fingerprint density at radius 3 is 2.69 bits per heavy atom. The fourth-order valence-corrected chi connectivity index (χ4v) is 2.93. The molecule has 7 nitrogen and oxygen atoms in total. The first-order chi connectivity index (χ1) is 14.2. The molecular weight excluding hydrogens is 372 g/mol. The summed E-state index contributed by atoms with van der Waals surface area (Å²) < 4.78 is 21.8. The quantitative estimate of drug-likeness (QED) is 0.564. The maximum atomic E-state index is 12.2. The minimum Gasteiger partial charge on any atom is -0.491 e. The van der Waals surface area contributed by atoms with Crippen molar-refractivity contribution in [2.75, 3.05) is 50.7 Å². The lowest BCUT2D eigenvalue weighted by Gasteiger charge is -2.13. The number of carbonyl (C=O) groups excluding carboxylic acids is 1. The Balaban J connectivity index is 1.41. The van der Waals surface area contributed by atoms with Crippen molar-refractivity contribution in [3.05, 3.63) is 48.5 Å². The van der Waals surface area contributed by atoms with Crippen molar-refractivity contribution in [3.8, 4) is 11.5 Å². The van der Waals surface area contributed by atoms with Crippen LogP contribution in [-0.2, 0) is 14.3 Å². The molecule has 2 aromatic carbocycles. The van der Waals surface area contributed by atoms with Crippen LogP contribution in [0.4, 0.5) is 11.4 Å². The van der Waals surface area contributed by atoms with Gasteiger partial charge in [-0.25, -0.2) is 0 Å². The maximum Gasteiger partial charge on any atom is 0.243 e. The summed E-state index contributed by atoms with van der Waals surface area (Å²) in [5.74, 6) is 1.36. The molecule has 0 radical (unpaired) electrons. The van der Waals surface area contributed by atoms with Gasteiger partial charge in [0.1, 0.15) is 24.7 Å². The second-order valence-electron chi connectivity index (χ2n) is 6.74. The molecule has 29 heavy (non-hydrogen) atoms. The van der Waals surface area contributed by atoms with Crippen LogP contribution in [-0.4, -0.2) is 52.1 Å². The van der Waals surface area contributed by atoms with Crippen LogP contribution in [0.5, 0.6) is 11.5 Å². The molecule has 1 fully saturated rings. The normalized spacial score (nSPS) is 15.7. The van der Waals surface area contributed by atoms with Gasteiger partial charge in [0, 0.05) is 31.2 Å². The van der Waals surface area contributed by atoms with Crippen molar-refractivity contribution in [3.63, 3.8) is 0 Å². The zero-order chi connectivity index (χ0) is 20.3. The Morgan fingerprint density at radius 2 is 1.93 bits per heavy atom. The van der Waals surface area contributed by atoms with Gasteiger partial charge < -0.3 is 29.6 Å². The van der Waals surface area contributed by atoms with E-state index in [2.05, 4.69) is 10.6 Å². The third-order valence-electron chi connectivity index (χ3n) is 4.44. The molecule has 156 valence electrons. The van der Waals surface area contributed by atoms with Crippen LogP contribution in [0.1, 0.15) is 12.8 Å². The van der Waals surface area contributed by atoms with E-state index in [4.69, 9.17) is 18.9 Å².